The first-order chi connectivity index (χ1) is 12.6. The van der Waals surface area contributed by atoms with Crippen molar-refractivity contribution in [3.05, 3.63) is 59.2 Å². The van der Waals surface area contributed by atoms with Crippen LogP contribution in [0, 0.1) is 6.92 Å². The number of aryl methyl sites for hydroxylation is 1. The summed E-state index contributed by atoms with van der Waals surface area (Å²) in [4.78, 5) is 13.2. The first kappa shape index (κ1) is 16.2. The molecule has 4 aromatic heterocycles. The van der Waals surface area contributed by atoms with Crippen LogP contribution in [0.3, 0.4) is 0 Å². The molecule has 4 rings (SSSR count). The normalized spacial score (nSPS) is 11.3. The van der Waals surface area contributed by atoms with Crippen LogP contribution >= 0.6 is 0 Å². The largest absolute Gasteiger partial charge is 0.458 e. The molecular formula is C18H18N6O2. The van der Waals surface area contributed by atoms with Gasteiger partial charge in [-0.05, 0) is 31.2 Å². The second kappa shape index (κ2) is 6.57. The Labute approximate surface area is 149 Å². The molecule has 0 aliphatic carbocycles. The number of rotatable bonds is 5. The van der Waals surface area contributed by atoms with E-state index in [0.29, 0.717) is 30.3 Å². The second-order valence-electron chi connectivity index (χ2n) is 5.95. The zero-order valence-electron chi connectivity index (χ0n) is 14.5. The highest BCUT2D eigenvalue weighted by Crippen LogP contribution is 2.23. The summed E-state index contributed by atoms with van der Waals surface area (Å²) in [6.45, 7) is 2.35. The fourth-order valence-electron chi connectivity index (χ4n) is 2.83. The van der Waals surface area contributed by atoms with Crippen LogP contribution in [0.25, 0.3) is 17.2 Å². The summed E-state index contributed by atoms with van der Waals surface area (Å²) < 4.78 is 12.5. The van der Waals surface area contributed by atoms with Crippen LogP contribution in [0.15, 0.2) is 40.9 Å². The minimum absolute atomic E-state index is 0.171. The molecule has 0 saturated heterocycles. The monoisotopic (exact) mass is 350 g/mol. The van der Waals surface area contributed by atoms with E-state index < -0.39 is 0 Å². The SMILES string of the molecule is COCc1cccc(Cc2cnn3c(-c4ccc(C)o4)nc(N)nc23)n1. The predicted molar refractivity (Wildman–Crippen MR) is 95.4 cm³/mol. The quantitative estimate of drug-likeness (QED) is 0.589. The second-order valence-corrected chi connectivity index (χ2v) is 5.95. The van der Waals surface area contributed by atoms with Crippen LogP contribution in [-0.4, -0.2) is 31.7 Å². The molecule has 0 fully saturated rings. The van der Waals surface area contributed by atoms with E-state index in [1.165, 1.54) is 0 Å². The molecule has 8 nitrogen and oxygen atoms in total. The van der Waals surface area contributed by atoms with Crippen molar-refractivity contribution in [3.63, 3.8) is 0 Å². The Hall–Kier alpha value is -3.26. The third-order valence-corrected chi connectivity index (χ3v) is 3.95. The number of hydrogen-bond donors (Lipinski definition) is 1. The van der Waals surface area contributed by atoms with Gasteiger partial charge in [0.15, 0.2) is 11.4 Å². The minimum atomic E-state index is 0.171. The Kier molecular flexibility index (Phi) is 4.10. The molecule has 0 aromatic carbocycles. The van der Waals surface area contributed by atoms with Gasteiger partial charge in [0.25, 0.3) is 0 Å². The number of furan rings is 1. The van der Waals surface area contributed by atoms with E-state index in [1.54, 1.807) is 17.8 Å². The molecular weight excluding hydrogens is 332 g/mol. The molecule has 0 amide bonds. The van der Waals surface area contributed by atoms with Gasteiger partial charge >= 0.3 is 0 Å². The molecule has 0 bridgehead atoms. The van der Waals surface area contributed by atoms with E-state index in [1.807, 2.05) is 37.3 Å². The summed E-state index contributed by atoms with van der Waals surface area (Å²) >= 11 is 0. The smallest absolute Gasteiger partial charge is 0.224 e. The van der Waals surface area contributed by atoms with Gasteiger partial charge in [0.05, 0.1) is 18.5 Å². The molecule has 0 spiro atoms. The Morgan fingerprint density at radius 1 is 1.12 bits per heavy atom. The van der Waals surface area contributed by atoms with Crippen LogP contribution in [0.5, 0.6) is 0 Å². The molecule has 2 N–H and O–H groups in total. The number of nitrogens with zero attached hydrogens (tertiary/aromatic N) is 5. The van der Waals surface area contributed by atoms with Gasteiger partial charge in [-0.15, -0.1) is 0 Å². The molecule has 4 heterocycles. The number of hydrogen-bond acceptors (Lipinski definition) is 7. The van der Waals surface area contributed by atoms with Gasteiger partial charge in [-0.3, -0.25) is 4.98 Å². The maximum absolute atomic E-state index is 5.92. The Bertz CT molecular complexity index is 1070. The molecule has 0 atom stereocenters. The summed E-state index contributed by atoms with van der Waals surface area (Å²) in [5, 5.41) is 4.42. The molecule has 26 heavy (non-hydrogen) atoms. The van der Waals surface area contributed by atoms with Crippen molar-refractivity contribution in [1.82, 2.24) is 24.6 Å². The van der Waals surface area contributed by atoms with Crippen LogP contribution in [0.1, 0.15) is 22.7 Å². The number of nitrogen functional groups attached to an aromatic ring is 1. The van der Waals surface area contributed by atoms with Crippen molar-refractivity contribution in [2.45, 2.75) is 20.0 Å². The van der Waals surface area contributed by atoms with Crippen molar-refractivity contribution in [2.75, 3.05) is 12.8 Å². The fraction of sp³-hybridized carbons (Fsp3) is 0.222. The Balaban J connectivity index is 1.75. The van der Waals surface area contributed by atoms with Gasteiger partial charge in [-0.1, -0.05) is 6.07 Å². The lowest BCUT2D eigenvalue weighted by Crippen LogP contribution is -2.05. The fourth-order valence-corrected chi connectivity index (χ4v) is 2.83. The van der Waals surface area contributed by atoms with Crippen LogP contribution in [0.4, 0.5) is 5.95 Å². The van der Waals surface area contributed by atoms with E-state index in [0.717, 1.165) is 22.7 Å². The molecule has 132 valence electrons. The van der Waals surface area contributed by atoms with Gasteiger partial charge in [-0.25, -0.2) is 0 Å². The summed E-state index contributed by atoms with van der Waals surface area (Å²) in [5.41, 5.74) is 9.25. The predicted octanol–water partition coefficient (Wildman–Crippen LogP) is 2.41. The standard InChI is InChI=1S/C18H18N6O2/c1-11-6-7-15(26-11)17-23-18(19)22-16-12(9-20-24(16)17)8-13-4-3-5-14(21-13)10-25-2/h3-7,9H,8,10H2,1-2H3,(H2,19,22). The molecule has 4 aromatic rings. The van der Waals surface area contributed by atoms with E-state index in [9.17, 15) is 0 Å². The molecule has 0 aliphatic heterocycles. The van der Waals surface area contributed by atoms with E-state index in [4.69, 9.17) is 14.9 Å². The lowest BCUT2D eigenvalue weighted by Gasteiger charge is -2.05. The van der Waals surface area contributed by atoms with Crippen molar-refractivity contribution in [3.8, 4) is 11.6 Å². The van der Waals surface area contributed by atoms with Gasteiger partial charge < -0.3 is 14.9 Å². The number of ether oxygens (including phenoxy) is 1. The molecule has 0 radical (unpaired) electrons. The summed E-state index contributed by atoms with van der Waals surface area (Å²) in [6, 6.07) is 9.57. The molecule has 0 saturated carbocycles. The summed E-state index contributed by atoms with van der Waals surface area (Å²) in [5.74, 6) is 2.07. The lowest BCUT2D eigenvalue weighted by molar-refractivity contribution is 0.181. The average molecular weight is 350 g/mol. The van der Waals surface area contributed by atoms with Gasteiger partial charge in [0.1, 0.15) is 5.76 Å². The number of fused-ring (bicyclic) bond motifs is 1. The Morgan fingerprint density at radius 3 is 2.73 bits per heavy atom. The highest BCUT2D eigenvalue weighted by Gasteiger charge is 2.16. The summed E-state index contributed by atoms with van der Waals surface area (Å²) in [6.07, 6.45) is 2.33. The van der Waals surface area contributed by atoms with Crippen LogP contribution in [0.2, 0.25) is 0 Å². The van der Waals surface area contributed by atoms with Crippen molar-refractivity contribution in [1.29, 1.82) is 0 Å². The van der Waals surface area contributed by atoms with Crippen molar-refractivity contribution in [2.24, 2.45) is 0 Å². The lowest BCUT2D eigenvalue weighted by atomic mass is 10.1. The third kappa shape index (κ3) is 3.02. The van der Waals surface area contributed by atoms with E-state index in [-0.39, 0.29) is 5.95 Å². The highest BCUT2D eigenvalue weighted by molar-refractivity contribution is 5.59. The number of aromatic nitrogens is 5. The molecule has 0 aliphatic rings. The van der Waals surface area contributed by atoms with Crippen molar-refractivity contribution < 1.29 is 9.15 Å². The van der Waals surface area contributed by atoms with E-state index in [2.05, 4.69) is 20.1 Å². The van der Waals surface area contributed by atoms with Crippen LogP contribution in [-0.2, 0) is 17.8 Å². The first-order valence-electron chi connectivity index (χ1n) is 8.14. The zero-order chi connectivity index (χ0) is 18.1. The summed E-state index contributed by atoms with van der Waals surface area (Å²) in [7, 11) is 1.65. The first-order valence-corrected chi connectivity index (χ1v) is 8.14. The number of methoxy groups -OCH3 is 1. The number of anilines is 1. The Morgan fingerprint density at radius 2 is 1.96 bits per heavy atom. The van der Waals surface area contributed by atoms with Crippen LogP contribution < -0.4 is 5.73 Å². The molecule has 8 heteroatoms. The zero-order valence-corrected chi connectivity index (χ0v) is 14.5. The van der Waals surface area contributed by atoms with Gasteiger partial charge in [0, 0.05) is 24.8 Å². The maximum atomic E-state index is 5.92. The van der Waals surface area contributed by atoms with Gasteiger partial charge in [0.2, 0.25) is 11.8 Å². The molecule has 0 unspecified atom stereocenters. The topological polar surface area (TPSA) is 104 Å². The van der Waals surface area contributed by atoms with E-state index >= 15 is 0 Å². The van der Waals surface area contributed by atoms with Gasteiger partial charge in [-0.2, -0.15) is 19.6 Å². The highest BCUT2D eigenvalue weighted by atomic mass is 16.5. The average Bonchev–Trinajstić information content (AvgIpc) is 3.22. The number of pyridine rings is 1. The van der Waals surface area contributed by atoms with Crippen molar-refractivity contribution >= 4 is 11.6 Å². The minimum Gasteiger partial charge on any atom is -0.458 e. The number of nitrogens with two attached hydrogens (primary N) is 1. The maximum Gasteiger partial charge on any atom is 0.224 e. The third-order valence-electron chi connectivity index (χ3n) is 3.95.